The van der Waals surface area contributed by atoms with Gasteiger partial charge in [-0.25, -0.2) is 0 Å². The topological polar surface area (TPSA) is 60.7 Å². The molecule has 1 spiro atoms. The summed E-state index contributed by atoms with van der Waals surface area (Å²) >= 11 is 0. The van der Waals surface area contributed by atoms with E-state index in [0.29, 0.717) is 13.2 Å². The summed E-state index contributed by atoms with van der Waals surface area (Å²) in [6.07, 6.45) is 4.07. The van der Waals surface area contributed by atoms with Gasteiger partial charge in [0.25, 0.3) is 0 Å². The highest BCUT2D eigenvalue weighted by Crippen LogP contribution is 2.50. The molecule has 5 heteroatoms. The van der Waals surface area contributed by atoms with Gasteiger partial charge in [-0.3, -0.25) is 0 Å². The maximum Gasteiger partial charge on any atom is 0.165 e. The minimum Gasteiger partial charge on any atom is -0.493 e. The van der Waals surface area contributed by atoms with Crippen molar-refractivity contribution in [3.05, 3.63) is 23.3 Å². The van der Waals surface area contributed by atoms with Crippen LogP contribution in [0.5, 0.6) is 11.5 Å². The average Bonchev–Trinajstić information content (AvgIpc) is 3.00. The monoisotopic (exact) mass is 329 g/mol. The first-order chi connectivity index (χ1) is 11.7. The molecule has 3 aliphatic rings. The highest BCUT2D eigenvalue weighted by atomic mass is 16.5. The van der Waals surface area contributed by atoms with E-state index in [0.717, 1.165) is 67.9 Å². The molecular formula is C19H23NO4. The second-order valence-electron chi connectivity index (χ2n) is 7.00. The van der Waals surface area contributed by atoms with Crippen LogP contribution in [0.4, 0.5) is 0 Å². The quantitative estimate of drug-likeness (QED) is 0.835. The third-order valence-electron chi connectivity index (χ3n) is 5.74. The Morgan fingerprint density at radius 3 is 2.33 bits per heavy atom. The summed E-state index contributed by atoms with van der Waals surface area (Å²) in [6, 6.07) is 6.60. The number of hydrogen-bond acceptors (Lipinski definition) is 5. The minimum atomic E-state index is -0.478. The molecule has 5 nitrogen and oxygen atoms in total. The third kappa shape index (κ3) is 2.37. The first kappa shape index (κ1) is 15.7. The van der Waals surface area contributed by atoms with Crippen LogP contribution >= 0.6 is 0 Å². The van der Waals surface area contributed by atoms with E-state index in [-0.39, 0.29) is 5.60 Å². The summed E-state index contributed by atoms with van der Waals surface area (Å²) in [4.78, 5) is 0. The second kappa shape index (κ2) is 5.94. The highest BCUT2D eigenvalue weighted by molar-refractivity contribution is 5.58. The van der Waals surface area contributed by atoms with Crippen molar-refractivity contribution < 1.29 is 18.9 Å². The van der Waals surface area contributed by atoms with Crippen LogP contribution in [0, 0.1) is 11.3 Å². The lowest BCUT2D eigenvalue weighted by molar-refractivity contribution is -0.0338. The molecule has 1 aromatic carbocycles. The molecule has 0 aromatic heterocycles. The first-order valence-corrected chi connectivity index (χ1v) is 8.68. The molecule has 128 valence electrons. The van der Waals surface area contributed by atoms with E-state index in [2.05, 4.69) is 12.1 Å². The van der Waals surface area contributed by atoms with Gasteiger partial charge in [0.05, 0.1) is 31.8 Å². The standard InChI is InChI=1S/C19H23NO4/c1-21-16-3-2-15(18(13-20)4-8-22-9-5-18)14-12-19(24-17(14)16)6-10-23-11-7-19/h2-3H,4-12H2,1H3. The van der Waals surface area contributed by atoms with Gasteiger partial charge >= 0.3 is 0 Å². The Bertz CT molecular complexity index is 667. The van der Waals surface area contributed by atoms with Crippen LogP contribution in [0.25, 0.3) is 0 Å². The van der Waals surface area contributed by atoms with E-state index >= 15 is 0 Å². The molecular weight excluding hydrogens is 306 g/mol. The first-order valence-electron chi connectivity index (χ1n) is 8.68. The Morgan fingerprint density at radius 2 is 1.71 bits per heavy atom. The fourth-order valence-electron chi connectivity index (χ4n) is 4.26. The predicted molar refractivity (Wildman–Crippen MR) is 87.5 cm³/mol. The van der Waals surface area contributed by atoms with Gasteiger partial charge in [-0.1, -0.05) is 6.07 Å². The number of ether oxygens (including phenoxy) is 4. The molecule has 0 aliphatic carbocycles. The molecule has 0 saturated carbocycles. The van der Waals surface area contributed by atoms with Crippen molar-refractivity contribution in [1.82, 2.24) is 0 Å². The van der Waals surface area contributed by atoms with Crippen LogP contribution in [-0.4, -0.2) is 39.1 Å². The number of nitriles is 1. The van der Waals surface area contributed by atoms with Crippen LogP contribution in [0.2, 0.25) is 0 Å². The molecule has 2 saturated heterocycles. The van der Waals surface area contributed by atoms with Crippen molar-refractivity contribution in [2.24, 2.45) is 0 Å². The summed E-state index contributed by atoms with van der Waals surface area (Å²) < 4.78 is 23.0. The Morgan fingerprint density at radius 1 is 1.04 bits per heavy atom. The van der Waals surface area contributed by atoms with E-state index < -0.39 is 5.41 Å². The zero-order chi connectivity index (χ0) is 16.6. The fraction of sp³-hybridized carbons (Fsp3) is 0.632. The van der Waals surface area contributed by atoms with Gasteiger partial charge in [0, 0.05) is 38.0 Å². The van der Waals surface area contributed by atoms with Crippen molar-refractivity contribution in [2.45, 2.75) is 43.1 Å². The normalized spacial score (nSPS) is 24.0. The lowest BCUT2D eigenvalue weighted by Crippen LogP contribution is -2.40. The minimum absolute atomic E-state index is 0.203. The highest BCUT2D eigenvalue weighted by Gasteiger charge is 2.46. The van der Waals surface area contributed by atoms with Gasteiger partial charge in [0.15, 0.2) is 11.5 Å². The van der Waals surface area contributed by atoms with E-state index in [1.165, 1.54) is 0 Å². The van der Waals surface area contributed by atoms with E-state index in [1.807, 2.05) is 6.07 Å². The Labute approximate surface area is 142 Å². The Balaban J connectivity index is 1.79. The maximum absolute atomic E-state index is 9.96. The SMILES string of the molecule is COc1ccc(C2(C#N)CCOCC2)c2c1OC1(CCOCC1)C2. The van der Waals surface area contributed by atoms with Gasteiger partial charge in [0.2, 0.25) is 0 Å². The van der Waals surface area contributed by atoms with Gasteiger partial charge in [-0.2, -0.15) is 5.26 Å². The number of fused-ring (bicyclic) bond motifs is 1. The molecule has 0 amide bonds. The second-order valence-corrected chi connectivity index (χ2v) is 7.00. The van der Waals surface area contributed by atoms with E-state index in [4.69, 9.17) is 18.9 Å². The van der Waals surface area contributed by atoms with Gasteiger partial charge in [-0.15, -0.1) is 0 Å². The van der Waals surface area contributed by atoms with Crippen molar-refractivity contribution in [3.63, 3.8) is 0 Å². The van der Waals surface area contributed by atoms with Crippen molar-refractivity contribution in [1.29, 1.82) is 5.26 Å². The molecule has 24 heavy (non-hydrogen) atoms. The summed E-state index contributed by atoms with van der Waals surface area (Å²) in [6.45, 7) is 2.72. The molecule has 0 radical (unpaired) electrons. The summed E-state index contributed by atoms with van der Waals surface area (Å²) in [5, 5.41) is 9.96. The maximum atomic E-state index is 9.96. The lowest BCUT2D eigenvalue weighted by atomic mass is 9.72. The smallest absolute Gasteiger partial charge is 0.165 e. The van der Waals surface area contributed by atoms with E-state index in [1.54, 1.807) is 7.11 Å². The van der Waals surface area contributed by atoms with Crippen LogP contribution in [0.1, 0.15) is 36.8 Å². The summed E-state index contributed by atoms with van der Waals surface area (Å²) in [5.41, 5.74) is 1.58. The molecule has 0 N–H and O–H groups in total. The Hall–Kier alpha value is -1.77. The molecule has 3 heterocycles. The van der Waals surface area contributed by atoms with Crippen LogP contribution in [0.3, 0.4) is 0 Å². The average molecular weight is 329 g/mol. The van der Waals surface area contributed by atoms with E-state index in [9.17, 15) is 5.26 Å². The van der Waals surface area contributed by atoms with Crippen molar-refractivity contribution in [2.75, 3.05) is 33.5 Å². The number of methoxy groups -OCH3 is 1. The number of benzene rings is 1. The molecule has 0 unspecified atom stereocenters. The van der Waals surface area contributed by atoms with Crippen LogP contribution in [-0.2, 0) is 21.3 Å². The largest absolute Gasteiger partial charge is 0.493 e. The van der Waals surface area contributed by atoms with Gasteiger partial charge < -0.3 is 18.9 Å². The molecule has 0 atom stereocenters. The Kier molecular flexibility index (Phi) is 3.90. The molecule has 0 bridgehead atoms. The van der Waals surface area contributed by atoms with Crippen LogP contribution in [0.15, 0.2) is 12.1 Å². The zero-order valence-corrected chi connectivity index (χ0v) is 14.1. The van der Waals surface area contributed by atoms with Crippen LogP contribution < -0.4 is 9.47 Å². The number of rotatable bonds is 2. The summed E-state index contributed by atoms with van der Waals surface area (Å²) in [5.74, 6) is 1.59. The fourth-order valence-corrected chi connectivity index (χ4v) is 4.26. The predicted octanol–water partition coefficient (Wildman–Crippen LogP) is 2.75. The molecule has 4 rings (SSSR count). The van der Waals surface area contributed by atoms with Crippen molar-refractivity contribution in [3.8, 4) is 17.6 Å². The lowest BCUT2D eigenvalue weighted by Gasteiger charge is -2.33. The molecule has 2 fully saturated rings. The third-order valence-corrected chi connectivity index (χ3v) is 5.74. The van der Waals surface area contributed by atoms with Gasteiger partial charge in [0.1, 0.15) is 5.60 Å². The molecule has 3 aliphatic heterocycles. The number of hydrogen-bond donors (Lipinski definition) is 0. The zero-order valence-electron chi connectivity index (χ0n) is 14.1. The van der Waals surface area contributed by atoms with Gasteiger partial charge in [-0.05, 0) is 24.5 Å². The number of nitrogens with zero attached hydrogens (tertiary/aromatic N) is 1. The summed E-state index contributed by atoms with van der Waals surface area (Å²) in [7, 11) is 1.67. The molecule has 1 aromatic rings. The van der Waals surface area contributed by atoms with Crippen molar-refractivity contribution >= 4 is 0 Å².